The van der Waals surface area contributed by atoms with Gasteiger partial charge in [-0.3, -0.25) is 16.1 Å². The van der Waals surface area contributed by atoms with E-state index in [-0.39, 0.29) is 0 Å². The quantitative estimate of drug-likeness (QED) is 0.535. The lowest BCUT2D eigenvalue weighted by molar-refractivity contribution is 0.369. The number of hydrogen-bond donors (Lipinski definition) is 5. The number of rotatable bonds is 3. The number of fused-ring (bicyclic) bond motifs is 1. The van der Waals surface area contributed by atoms with Gasteiger partial charge in [-0.15, -0.1) is 0 Å². The number of nitrogens with two attached hydrogens (primary N) is 2. The van der Waals surface area contributed by atoms with Gasteiger partial charge in [-0.05, 0) is 43.7 Å². The molecule has 1 aromatic heterocycles. The summed E-state index contributed by atoms with van der Waals surface area (Å²) in [5, 5.41) is 3.83. The van der Waals surface area contributed by atoms with Crippen molar-refractivity contribution < 1.29 is 0 Å². The van der Waals surface area contributed by atoms with E-state index in [1.54, 1.807) is 6.20 Å². The lowest BCUT2D eigenvalue weighted by atomic mass is 9.89. The molecule has 0 aromatic carbocycles. The molecule has 23 heavy (non-hydrogen) atoms. The Balaban J connectivity index is 1.52. The molecule has 124 valence electrons. The predicted octanol–water partition coefficient (Wildman–Crippen LogP) is -0.0374. The molecule has 7 nitrogen and oxygen atoms in total. The van der Waals surface area contributed by atoms with Crippen LogP contribution in [0.15, 0.2) is 17.3 Å². The van der Waals surface area contributed by atoms with Crippen LogP contribution in [-0.2, 0) is 18.6 Å². The van der Waals surface area contributed by atoms with Crippen LogP contribution < -0.4 is 27.6 Å². The molecule has 1 fully saturated rings. The van der Waals surface area contributed by atoms with Gasteiger partial charge in [-0.25, -0.2) is 4.99 Å². The highest BCUT2D eigenvalue weighted by molar-refractivity contribution is 5.79. The minimum Gasteiger partial charge on any atom is -0.369 e. The zero-order valence-electron chi connectivity index (χ0n) is 13.3. The van der Waals surface area contributed by atoms with E-state index in [2.05, 4.69) is 32.2 Å². The minimum atomic E-state index is -1.03. The van der Waals surface area contributed by atoms with E-state index in [0.29, 0.717) is 18.0 Å². The molecule has 0 radical (unpaired) electrons. The lowest BCUT2D eigenvalue weighted by Gasteiger charge is -2.29. The highest BCUT2D eigenvalue weighted by Gasteiger charge is 2.33. The Bertz CT molecular complexity index is 623. The number of guanidine groups is 1. The first kappa shape index (κ1) is 14.9. The van der Waals surface area contributed by atoms with Crippen molar-refractivity contribution in [3.05, 3.63) is 29.1 Å². The Morgan fingerprint density at radius 2 is 2.04 bits per heavy atom. The first-order chi connectivity index (χ1) is 11.1. The van der Waals surface area contributed by atoms with Crippen LogP contribution in [0.1, 0.15) is 48.9 Å². The second kappa shape index (κ2) is 5.74. The van der Waals surface area contributed by atoms with E-state index in [9.17, 15) is 0 Å². The van der Waals surface area contributed by atoms with Crippen LogP contribution in [0.25, 0.3) is 0 Å². The number of hydrogen-bond acceptors (Lipinski definition) is 7. The van der Waals surface area contributed by atoms with E-state index in [0.717, 1.165) is 24.8 Å². The maximum absolute atomic E-state index is 6.27. The van der Waals surface area contributed by atoms with Crippen molar-refractivity contribution in [3.63, 3.8) is 0 Å². The topological polar surface area (TPSA) is 113 Å². The van der Waals surface area contributed by atoms with Crippen LogP contribution in [0.3, 0.4) is 0 Å². The van der Waals surface area contributed by atoms with Crippen LogP contribution in [0, 0.1) is 0 Å². The van der Waals surface area contributed by atoms with Gasteiger partial charge in [0.15, 0.2) is 0 Å². The molecule has 4 rings (SSSR count). The zero-order chi connectivity index (χ0) is 15.9. The van der Waals surface area contributed by atoms with Gasteiger partial charge in [0.05, 0.1) is 0 Å². The maximum Gasteiger partial charge on any atom is 0.210 e. The summed E-state index contributed by atoms with van der Waals surface area (Å²) in [5.74, 6) is -0.733. The second-order valence-corrected chi connectivity index (χ2v) is 6.93. The molecule has 0 bridgehead atoms. The molecular weight excluding hydrogens is 290 g/mol. The third-order valence-corrected chi connectivity index (χ3v) is 5.20. The van der Waals surface area contributed by atoms with Crippen LogP contribution in [0.5, 0.6) is 0 Å². The Kier molecular flexibility index (Phi) is 3.71. The fourth-order valence-corrected chi connectivity index (χ4v) is 3.94. The Labute approximate surface area is 136 Å². The minimum absolute atomic E-state index is 0.297. The molecule has 0 amide bonds. The molecule has 2 atom stereocenters. The average molecular weight is 315 g/mol. The van der Waals surface area contributed by atoms with E-state index in [1.807, 2.05) is 0 Å². The van der Waals surface area contributed by atoms with Crippen molar-refractivity contribution in [3.8, 4) is 0 Å². The van der Waals surface area contributed by atoms with Crippen molar-refractivity contribution >= 4 is 5.96 Å². The van der Waals surface area contributed by atoms with Gasteiger partial charge < -0.3 is 11.1 Å². The molecule has 0 spiro atoms. The molecule has 1 aromatic rings. The first-order valence-electron chi connectivity index (χ1n) is 8.54. The number of nitrogens with one attached hydrogen (secondary N) is 3. The standard InChI is InChI=1S/C16H25N7/c17-15-21-16(18,23-22-15)11-7-10-8-13(5-6-14(10)19-9-11)20-12-3-1-2-4-12/h7,9,12-13,20,23H,1-6,8,18H2,(H3,17,21,22). The van der Waals surface area contributed by atoms with Gasteiger partial charge >= 0.3 is 0 Å². The van der Waals surface area contributed by atoms with Crippen molar-refractivity contribution in [2.24, 2.45) is 16.5 Å². The zero-order valence-corrected chi connectivity index (χ0v) is 13.3. The number of aryl methyl sites for hydroxylation is 1. The smallest absolute Gasteiger partial charge is 0.210 e. The molecule has 1 aliphatic heterocycles. The molecule has 7 heteroatoms. The number of nitrogens with zero attached hydrogens (tertiary/aromatic N) is 2. The van der Waals surface area contributed by atoms with Crippen LogP contribution >= 0.6 is 0 Å². The second-order valence-electron chi connectivity index (χ2n) is 6.93. The molecule has 2 aliphatic carbocycles. The third-order valence-electron chi connectivity index (χ3n) is 5.20. The average Bonchev–Trinajstić information content (AvgIpc) is 3.17. The van der Waals surface area contributed by atoms with Gasteiger partial charge in [0, 0.05) is 29.5 Å². The van der Waals surface area contributed by atoms with Gasteiger partial charge in [-0.2, -0.15) is 5.43 Å². The number of pyridine rings is 1. The fourth-order valence-electron chi connectivity index (χ4n) is 3.94. The summed E-state index contributed by atoms with van der Waals surface area (Å²) in [6.07, 6.45) is 10.4. The molecule has 3 aliphatic rings. The highest BCUT2D eigenvalue weighted by Crippen LogP contribution is 2.27. The number of aromatic nitrogens is 1. The van der Waals surface area contributed by atoms with Gasteiger partial charge in [0.1, 0.15) is 0 Å². The Morgan fingerprint density at radius 1 is 1.22 bits per heavy atom. The van der Waals surface area contributed by atoms with Crippen LogP contribution in [0.2, 0.25) is 0 Å². The molecular formula is C16H25N7. The van der Waals surface area contributed by atoms with Gasteiger partial charge in [0.2, 0.25) is 11.7 Å². The predicted molar refractivity (Wildman–Crippen MR) is 89.2 cm³/mol. The molecule has 0 saturated heterocycles. The van der Waals surface area contributed by atoms with Crippen molar-refractivity contribution in [1.82, 2.24) is 21.2 Å². The monoisotopic (exact) mass is 315 g/mol. The SMILES string of the molecule is NC1=NC(N)(c2cnc3c(c2)CC(NC2CCCC2)CC3)NN1. The van der Waals surface area contributed by atoms with E-state index in [4.69, 9.17) is 11.5 Å². The Hall–Kier alpha value is -1.70. The van der Waals surface area contributed by atoms with Crippen LogP contribution in [0.4, 0.5) is 0 Å². The summed E-state index contributed by atoms with van der Waals surface area (Å²) in [6.45, 7) is 0. The lowest BCUT2D eigenvalue weighted by Crippen LogP contribution is -2.50. The van der Waals surface area contributed by atoms with Gasteiger partial charge in [0.25, 0.3) is 0 Å². The normalized spacial score (nSPS) is 30.8. The van der Waals surface area contributed by atoms with Crippen molar-refractivity contribution in [2.75, 3.05) is 0 Å². The third kappa shape index (κ3) is 2.91. The highest BCUT2D eigenvalue weighted by atomic mass is 15.6. The van der Waals surface area contributed by atoms with E-state index >= 15 is 0 Å². The summed E-state index contributed by atoms with van der Waals surface area (Å²) in [5.41, 5.74) is 20.9. The molecule has 1 saturated carbocycles. The van der Waals surface area contributed by atoms with E-state index < -0.39 is 5.79 Å². The number of hydrazine groups is 1. The van der Waals surface area contributed by atoms with Crippen LogP contribution in [-0.4, -0.2) is 23.0 Å². The fraction of sp³-hybridized carbons (Fsp3) is 0.625. The Morgan fingerprint density at radius 3 is 2.78 bits per heavy atom. The van der Waals surface area contributed by atoms with Crippen molar-refractivity contribution in [1.29, 1.82) is 0 Å². The van der Waals surface area contributed by atoms with Crippen molar-refractivity contribution in [2.45, 2.75) is 62.8 Å². The summed E-state index contributed by atoms with van der Waals surface area (Å²) in [6, 6.07) is 3.37. The largest absolute Gasteiger partial charge is 0.369 e. The van der Waals surface area contributed by atoms with Gasteiger partial charge in [-0.1, -0.05) is 12.8 Å². The molecule has 2 heterocycles. The molecule has 2 unspecified atom stereocenters. The van der Waals surface area contributed by atoms with E-state index in [1.165, 1.54) is 36.9 Å². The maximum atomic E-state index is 6.27. The summed E-state index contributed by atoms with van der Waals surface area (Å²) >= 11 is 0. The number of aliphatic imine (C=N–C) groups is 1. The summed E-state index contributed by atoms with van der Waals surface area (Å²) in [4.78, 5) is 8.85. The molecule has 7 N–H and O–H groups in total. The first-order valence-corrected chi connectivity index (χ1v) is 8.54. The summed E-state index contributed by atoms with van der Waals surface area (Å²) < 4.78 is 0. The summed E-state index contributed by atoms with van der Waals surface area (Å²) in [7, 11) is 0.